The van der Waals surface area contributed by atoms with E-state index in [0.29, 0.717) is 11.5 Å². The summed E-state index contributed by atoms with van der Waals surface area (Å²) in [5, 5.41) is 5.75. The molecule has 3 aromatic rings. The summed E-state index contributed by atoms with van der Waals surface area (Å²) in [6, 6.07) is 11.6. The van der Waals surface area contributed by atoms with Crippen LogP contribution in [0.2, 0.25) is 0 Å². The summed E-state index contributed by atoms with van der Waals surface area (Å²) >= 11 is 1.50. The SMILES string of the molecule is COc1ccc(-c2nc(CC(=O)Nc3c(C)cccc3C)cs2)cc1OC. The van der Waals surface area contributed by atoms with E-state index in [-0.39, 0.29) is 12.3 Å². The molecule has 0 radical (unpaired) electrons. The number of rotatable bonds is 6. The van der Waals surface area contributed by atoms with Crippen molar-refractivity contribution >= 4 is 22.9 Å². The van der Waals surface area contributed by atoms with Gasteiger partial charge in [0.2, 0.25) is 5.91 Å². The Kier molecular flexibility index (Phi) is 5.76. The number of anilines is 1. The first-order chi connectivity index (χ1) is 13.0. The summed E-state index contributed by atoms with van der Waals surface area (Å²) in [5.74, 6) is 1.25. The van der Waals surface area contributed by atoms with Gasteiger partial charge in [-0.3, -0.25) is 4.79 Å². The third-order valence-electron chi connectivity index (χ3n) is 4.27. The second kappa shape index (κ2) is 8.22. The minimum atomic E-state index is -0.0726. The molecule has 3 rings (SSSR count). The van der Waals surface area contributed by atoms with E-state index in [1.165, 1.54) is 11.3 Å². The summed E-state index contributed by atoms with van der Waals surface area (Å²) in [6.45, 7) is 3.97. The zero-order chi connectivity index (χ0) is 19.4. The molecule has 0 saturated carbocycles. The van der Waals surface area contributed by atoms with Crippen LogP contribution in [-0.2, 0) is 11.2 Å². The van der Waals surface area contributed by atoms with Crippen molar-refractivity contribution in [3.05, 3.63) is 58.6 Å². The van der Waals surface area contributed by atoms with Crippen LogP contribution in [0, 0.1) is 13.8 Å². The Bertz CT molecular complexity index is 946. The van der Waals surface area contributed by atoms with Crippen molar-refractivity contribution in [3.63, 3.8) is 0 Å². The van der Waals surface area contributed by atoms with Gasteiger partial charge in [0.05, 0.1) is 26.3 Å². The molecule has 2 aromatic carbocycles. The van der Waals surface area contributed by atoms with E-state index in [4.69, 9.17) is 9.47 Å². The number of methoxy groups -OCH3 is 2. The average Bonchev–Trinajstić information content (AvgIpc) is 3.12. The number of carbonyl (C=O) groups excluding carboxylic acids is 1. The normalized spacial score (nSPS) is 10.5. The summed E-state index contributed by atoms with van der Waals surface area (Å²) in [7, 11) is 3.21. The Morgan fingerprint density at radius 3 is 2.44 bits per heavy atom. The molecule has 1 heterocycles. The number of nitrogens with zero attached hydrogens (tertiary/aromatic N) is 1. The van der Waals surface area contributed by atoms with Gasteiger partial charge in [-0.1, -0.05) is 18.2 Å². The Morgan fingerprint density at radius 2 is 1.78 bits per heavy atom. The van der Waals surface area contributed by atoms with Gasteiger partial charge in [0.15, 0.2) is 11.5 Å². The molecular weight excluding hydrogens is 360 g/mol. The summed E-state index contributed by atoms with van der Waals surface area (Å²) in [6.07, 6.45) is 0.234. The molecule has 1 aromatic heterocycles. The number of aromatic nitrogens is 1. The molecule has 1 amide bonds. The molecule has 0 saturated heterocycles. The second-order valence-corrected chi connectivity index (χ2v) is 7.06. The van der Waals surface area contributed by atoms with Crippen molar-refractivity contribution in [3.8, 4) is 22.1 Å². The molecular formula is C21H22N2O3S. The van der Waals surface area contributed by atoms with Crippen LogP contribution in [0.1, 0.15) is 16.8 Å². The van der Waals surface area contributed by atoms with Crippen molar-refractivity contribution in [2.24, 2.45) is 0 Å². The quantitative estimate of drug-likeness (QED) is 0.675. The highest BCUT2D eigenvalue weighted by Crippen LogP contribution is 2.33. The van der Waals surface area contributed by atoms with E-state index < -0.39 is 0 Å². The van der Waals surface area contributed by atoms with Crippen molar-refractivity contribution in [2.45, 2.75) is 20.3 Å². The molecule has 5 nitrogen and oxygen atoms in total. The van der Waals surface area contributed by atoms with Crippen molar-refractivity contribution in [1.82, 2.24) is 4.98 Å². The molecule has 0 aliphatic heterocycles. The number of benzene rings is 2. The maximum Gasteiger partial charge on any atom is 0.230 e. The lowest BCUT2D eigenvalue weighted by atomic mass is 10.1. The van der Waals surface area contributed by atoms with E-state index in [9.17, 15) is 4.79 Å². The lowest BCUT2D eigenvalue weighted by molar-refractivity contribution is -0.115. The van der Waals surface area contributed by atoms with Crippen LogP contribution in [0.4, 0.5) is 5.69 Å². The third kappa shape index (κ3) is 4.28. The number of nitrogens with one attached hydrogen (secondary N) is 1. The van der Waals surface area contributed by atoms with E-state index in [1.54, 1.807) is 14.2 Å². The van der Waals surface area contributed by atoms with Gasteiger partial charge >= 0.3 is 0 Å². The minimum Gasteiger partial charge on any atom is -0.493 e. The van der Waals surface area contributed by atoms with Gasteiger partial charge in [0, 0.05) is 16.6 Å². The van der Waals surface area contributed by atoms with Crippen molar-refractivity contribution in [1.29, 1.82) is 0 Å². The molecule has 0 atom stereocenters. The Balaban J connectivity index is 1.73. The average molecular weight is 382 g/mol. The first kappa shape index (κ1) is 18.9. The Hall–Kier alpha value is -2.86. The van der Waals surface area contributed by atoms with E-state index in [1.807, 2.05) is 55.6 Å². The molecule has 0 bridgehead atoms. The van der Waals surface area contributed by atoms with Crippen LogP contribution in [0.25, 0.3) is 10.6 Å². The number of ether oxygens (including phenoxy) is 2. The van der Waals surface area contributed by atoms with Crippen molar-refractivity contribution < 1.29 is 14.3 Å². The van der Waals surface area contributed by atoms with E-state index in [0.717, 1.165) is 33.1 Å². The number of thiazole rings is 1. The molecule has 0 aliphatic rings. The number of hydrogen-bond donors (Lipinski definition) is 1. The first-order valence-corrected chi connectivity index (χ1v) is 9.42. The maximum atomic E-state index is 12.4. The predicted molar refractivity (Wildman–Crippen MR) is 109 cm³/mol. The fourth-order valence-corrected chi connectivity index (χ4v) is 3.67. The van der Waals surface area contributed by atoms with E-state index in [2.05, 4.69) is 10.3 Å². The molecule has 0 spiro atoms. The Labute approximate surface area is 163 Å². The molecule has 27 heavy (non-hydrogen) atoms. The second-order valence-electron chi connectivity index (χ2n) is 6.21. The zero-order valence-electron chi connectivity index (χ0n) is 15.8. The van der Waals surface area contributed by atoms with Crippen LogP contribution in [-0.4, -0.2) is 25.1 Å². The predicted octanol–water partition coefficient (Wildman–Crippen LogP) is 4.63. The van der Waals surface area contributed by atoms with Crippen LogP contribution in [0.3, 0.4) is 0 Å². The van der Waals surface area contributed by atoms with Crippen molar-refractivity contribution in [2.75, 3.05) is 19.5 Å². The highest BCUT2D eigenvalue weighted by atomic mass is 32.1. The van der Waals surface area contributed by atoms with Crippen LogP contribution in [0.5, 0.6) is 11.5 Å². The topological polar surface area (TPSA) is 60.5 Å². The number of carbonyl (C=O) groups is 1. The molecule has 0 fully saturated rings. The molecule has 6 heteroatoms. The van der Waals surface area contributed by atoms with Gasteiger partial charge < -0.3 is 14.8 Å². The van der Waals surface area contributed by atoms with Gasteiger partial charge in [0.25, 0.3) is 0 Å². The van der Waals surface area contributed by atoms with E-state index >= 15 is 0 Å². The summed E-state index contributed by atoms with van der Waals surface area (Å²) in [4.78, 5) is 17.0. The smallest absolute Gasteiger partial charge is 0.230 e. The number of amides is 1. The lowest BCUT2D eigenvalue weighted by Gasteiger charge is -2.10. The van der Waals surface area contributed by atoms with Crippen LogP contribution >= 0.6 is 11.3 Å². The van der Waals surface area contributed by atoms with Crippen LogP contribution < -0.4 is 14.8 Å². The number of hydrogen-bond acceptors (Lipinski definition) is 5. The molecule has 140 valence electrons. The van der Waals surface area contributed by atoms with Crippen LogP contribution in [0.15, 0.2) is 41.8 Å². The summed E-state index contributed by atoms with van der Waals surface area (Å²) < 4.78 is 10.6. The van der Waals surface area contributed by atoms with Gasteiger partial charge in [-0.2, -0.15) is 0 Å². The van der Waals surface area contributed by atoms with Gasteiger partial charge in [-0.25, -0.2) is 4.98 Å². The third-order valence-corrected chi connectivity index (χ3v) is 5.21. The number of para-hydroxylation sites is 1. The maximum absolute atomic E-state index is 12.4. The standard InChI is InChI=1S/C21H22N2O3S/c1-13-6-5-7-14(2)20(13)23-19(24)11-16-12-27-21(22-16)15-8-9-17(25-3)18(10-15)26-4/h5-10,12H,11H2,1-4H3,(H,23,24). The highest BCUT2D eigenvalue weighted by Gasteiger charge is 2.13. The summed E-state index contributed by atoms with van der Waals surface area (Å²) in [5.41, 5.74) is 4.64. The zero-order valence-corrected chi connectivity index (χ0v) is 16.6. The molecule has 0 unspecified atom stereocenters. The van der Waals surface area contributed by atoms with Gasteiger partial charge in [-0.15, -0.1) is 11.3 Å². The first-order valence-electron chi connectivity index (χ1n) is 8.54. The molecule has 1 N–H and O–H groups in total. The largest absolute Gasteiger partial charge is 0.493 e. The van der Waals surface area contributed by atoms with Gasteiger partial charge in [0.1, 0.15) is 5.01 Å². The Morgan fingerprint density at radius 1 is 1.07 bits per heavy atom. The number of aryl methyl sites for hydroxylation is 2. The lowest BCUT2D eigenvalue weighted by Crippen LogP contribution is -2.16. The molecule has 0 aliphatic carbocycles. The highest BCUT2D eigenvalue weighted by molar-refractivity contribution is 7.13. The monoisotopic (exact) mass is 382 g/mol. The van der Waals surface area contributed by atoms with Gasteiger partial charge in [-0.05, 0) is 43.2 Å². The fourth-order valence-electron chi connectivity index (χ4n) is 2.85. The minimum absolute atomic E-state index is 0.0726. The fraction of sp³-hybridized carbons (Fsp3) is 0.238.